The van der Waals surface area contributed by atoms with Crippen molar-refractivity contribution in [3.63, 3.8) is 0 Å². The highest BCUT2D eigenvalue weighted by atomic mass is 16.7. The topological polar surface area (TPSA) is 406 Å². The number of imide groups is 1. The number of carbonyl (C=O) groups excluding carboxylic acids is 12. The van der Waals surface area contributed by atoms with Crippen LogP contribution in [0.25, 0.3) is 0 Å². The fourth-order valence-electron chi connectivity index (χ4n) is 11.1. The molecule has 0 spiro atoms. The molecule has 7 rings (SSSR count). The molecule has 3 aromatic rings. The number of amides is 6. The first-order chi connectivity index (χ1) is 42.7. The molecule has 0 unspecified atom stereocenters. The lowest BCUT2D eigenvalue weighted by molar-refractivity contribution is -0.249. The molecule has 2 aliphatic carbocycles. The smallest absolute Gasteiger partial charge is 0.407 e. The van der Waals surface area contributed by atoms with Gasteiger partial charge in [-0.3, -0.25) is 57.6 Å². The number of nitrogens with zero attached hydrogens (tertiary/aromatic N) is 1. The van der Waals surface area contributed by atoms with Crippen molar-refractivity contribution in [3.8, 4) is 17.2 Å². The summed E-state index contributed by atoms with van der Waals surface area (Å²) in [5.41, 5.74) is 2.23. The standard InChI is InChI=1S/C63H75N5O22/c1-6-46(72)63(84)29-41-52(59(80)54-53(57(41)78)56(77)40-10-7-11-44(85-5)51(40)58(54)79)45(30-63)90-50-28-42(55(76)34(4)89-50)67-62(83)88-31-35-12-14-37(15-13-35)66-61(82)36(27-47(64)73)26-43(71)33(3)65-60(81)32(2)25-39(70)19-22-87-24-23-86-21-8-9-38(69)18-20-68-48(74)16-17-49(68)75/h7,10-17,32-34,36,42,45,50,55,76,78,80,84H,6,8-9,18-31H2,1-5H3,(H2,64,73)(H,65,81)(H,66,82)(H,67,83)/t32-,33+,34-,36+,42-,45-,50-,55+,63-/m0/s1. The molecule has 2 heterocycles. The van der Waals surface area contributed by atoms with Crippen LogP contribution in [0.3, 0.4) is 0 Å². The predicted octanol–water partition coefficient (Wildman–Crippen LogP) is 2.96. The van der Waals surface area contributed by atoms with E-state index in [4.69, 9.17) is 34.2 Å². The first-order valence-corrected chi connectivity index (χ1v) is 29.5. The molecule has 27 nitrogen and oxygen atoms in total. The number of phenols is 2. The quantitative estimate of drug-likeness (QED) is 0.0198. The number of rotatable bonds is 32. The average molecular weight is 1250 g/mol. The van der Waals surface area contributed by atoms with Gasteiger partial charge in [0.15, 0.2) is 23.6 Å². The summed E-state index contributed by atoms with van der Waals surface area (Å²) in [5, 5.41) is 54.4. The van der Waals surface area contributed by atoms with Gasteiger partial charge in [0.1, 0.15) is 47.1 Å². The summed E-state index contributed by atoms with van der Waals surface area (Å²) in [4.78, 5) is 155. The van der Waals surface area contributed by atoms with E-state index in [0.717, 1.165) is 17.1 Å². The Hall–Kier alpha value is -8.60. The van der Waals surface area contributed by atoms with E-state index in [9.17, 15) is 78.0 Å². The number of aliphatic hydroxyl groups is 2. The second-order valence-electron chi connectivity index (χ2n) is 22.6. The Kier molecular flexibility index (Phi) is 23.5. The van der Waals surface area contributed by atoms with Gasteiger partial charge >= 0.3 is 6.09 Å². The Balaban J connectivity index is 0.846. The number of anilines is 1. The number of benzene rings is 3. The van der Waals surface area contributed by atoms with Crippen LogP contribution >= 0.6 is 0 Å². The zero-order chi connectivity index (χ0) is 65.7. The van der Waals surface area contributed by atoms with Gasteiger partial charge in [-0.05, 0) is 44.0 Å². The maximum atomic E-state index is 14.1. The number of fused-ring (bicyclic) bond motifs is 3. The number of methoxy groups -OCH3 is 1. The lowest BCUT2D eigenvalue weighted by Crippen LogP contribution is -2.55. The van der Waals surface area contributed by atoms with Crippen molar-refractivity contribution in [1.29, 1.82) is 0 Å². The number of ether oxygens (including phenoxy) is 6. The van der Waals surface area contributed by atoms with Gasteiger partial charge in [0, 0.05) is 118 Å². The molecule has 0 saturated carbocycles. The molecular weight excluding hydrogens is 1180 g/mol. The van der Waals surface area contributed by atoms with E-state index in [0.29, 0.717) is 12.0 Å². The molecule has 90 heavy (non-hydrogen) atoms. The van der Waals surface area contributed by atoms with Crippen molar-refractivity contribution in [3.05, 3.63) is 93.6 Å². The summed E-state index contributed by atoms with van der Waals surface area (Å²) >= 11 is 0. The van der Waals surface area contributed by atoms with Crippen molar-refractivity contribution in [2.24, 2.45) is 17.6 Å². The van der Waals surface area contributed by atoms with Crippen molar-refractivity contribution in [1.82, 2.24) is 15.5 Å². The number of phenolic OH excluding ortho intramolecular Hbond substituents is 2. The predicted molar refractivity (Wildman–Crippen MR) is 313 cm³/mol. The summed E-state index contributed by atoms with van der Waals surface area (Å²) in [6, 6.07) is 8.05. The van der Waals surface area contributed by atoms with Gasteiger partial charge in [-0.1, -0.05) is 38.1 Å². The van der Waals surface area contributed by atoms with Crippen molar-refractivity contribution >= 4 is 76.0 Å². The first-order valence-electron chi connectivity index (χ1n) is 29.5. The second-order valence-corrected chi connectivity index (χ2v) is 22.6. The summed E-state index contributed by atoms with van der Waals surface area (Å²) in [7, 11) is 1.29. The molecular formula is C63H75N5O22. The zero-order valence-corrected chi connectivity index (χ0v) is 50.5. The number of Topliss-reactive ketones (excluding diaryl/α,β-unsaturated/α-hetero) is 4. The van der Waals surface area contributed by atoms with Gasteiger partial charge in [0.05, 0.1) is 73.8 Å². The van der Waals surface area contributed by atoms with E-state index < -0.39 is 161 Å². The summed E-state index contributed by atoms with van der Waals surface area (Å²) in [6.07, 6.45) is -5.65. The van der Waals surface area contributed by atoms with E-state index in [1.54, 1.807) is 0 Å². The third kappa shape index (κ3) is 16.8. The molecule has 27 heteroatoms. The van der Waals surface area contributed by atoms with E-state index in [2.05, 4.69) is 16.0 Å². The van der Waals surface area contributed by atoms with E-state index in [-0.39, 0.29) is 123 Å². The number of aliphatic hydroxyl groups excluding tert-OH is 1. The number of ketones is 6. The number of aromatic hydroxyl groups is 2. The highest BCUT2D eigenvalue weighted by Gasteiger charge is 2.50. The number of nitrogens with two attached hydrogens (primary N) is 1. The maximum Gasteiger partial charge on any atom is 0.407 e. The molecule has 1 saturated heterocycles. The SMILES string of the molecule is CCC(=O)[C@]1(O)Cc2c(O)c3c(c(O)c2[C@@H](O[C@H]2C[C@H](NC(=O)OCc4ccc(NC(=O)[C@@H](CC(N)=O)CC(=O)[C@@H](C)NC(=O)[C@@H](C)CC(=O)CCOCCOCCCC(=O)CCN5C(=O)C=CC5=O)cc4)[C@H](O)[C@H](C)O2)C1)C(=O)c1c(OC)cccc1C3=O. The van der Waals surface area contributed by atoms with Crippen LogP contribution < -0.4 is 26.4 Å². The molecule has 9 atom stereocenters. The van der Waals surface area contributed by atoms with Crippen LogP contribution in [0.1, 0.15) is 147 Å². The number of nitrogens with one attached hydrogen (secondary N) is 3. The highest BCUT2D eigenvalue weighted by Crippen LogP contribution is 2.53. The Bertz CT molecular complexity index is 3310. The molecule has 484 valence electrons. The Morgan fingerprint density at radius 1 is 0.811 bits per heavy atom. The lowest BCUT2D eigenvalue weighted by Gasteiger charge is -2.42. The van der Waals surface area contributed by atoms with Gasteiger partial charge in [-0.25, -0.2) is 4.79 Å². The largest absolute Gasteiger partial charge is 0.507 e. The van der Waals surface area contributed by atoms with Crippen molar-refractivity contribution in [2.45, 2.75) is 147 Å². The number of alkyl carbamates (subject to hydrolysis) is 1. The summed E-state index contributed by atoms with van der Waals surface area (Å²) in [6.45, 7) is 6.36. The van der Waals surface area contributed by atoms with Crippen LogP contribution in [0.5, 0.6) is 17.2 Å². The van der Waals surface area contributed by atoms with Crippen LogP contribution in [0.4, 0.5) is 10.5 Å². The average Bonchev–Trinajstić information content (AvgIpc) is 0.768. The third-order valence-electron chi connectivity index (χ3n) is 16.1. The fourth-order valence-corrected chi connectivity index (χ4v) is 11.1. The van der Waals surface area contributed by atoms with Crippen LogP contribution in [-0.2, 0) is 79.9 Å². The van der Waals surface area contributed by atoms with E-state index in [1.165, 1.54) is 77.3 Å². The molecule has 0 bridgehead atoms. The van der Waals surface area contributed by atoms with Gasteiger partial charge in [-0.15, -0.1) is 0 Å². The third-order valence-corrected chi connectivity index (χ3v) is 16.1. The Morgan fingerprint density at radius 3 is 2.16 bits per heavy atom. The summed E-state index contributed by atoms with van der Waals surface area (Å²) in [5.74, 6) is -9.83. The monoisotopic (exact) mass is 1250 g/mol. The first kappa shape index (κ1) is 68.9. The van der Waals surface area contributed by atoms with Gasteiger partial charge in [-0.2, -0.15) is 0 Å². The number of carbonyl (C=O) groups is 12. The Morgan fingerprint density at radius 2 is 1.49 bits per heavy atom. The Labute approximate surface area is 517 Å². The van der Waals surface area contributed by atoms with Crippen LogP contribution in [-0.4, -0.2) is 172 Å². The van der Waals surface area contributed by atoms with Crippen molar-refractivity contribution in [2.75, 3.05) is 45.4 Å². The number of primary amides is 1. The van der Waals surface area contributed by atoms with Crippen LogP contribution in [0.15, 0.2) is 54.6 Å². The number of hydrogen-bond donors (Lipinski definition) is 8. The molecule has 6 amide bonds. The number of hydrogen-bond acceptors (Lipinski definition) is 22. The van der Waals surface area contributed by atoms with Crippen molar-refractivity contribution < 1.29 is 106 Å². The normalized spacial score (nSPS) is 21.1. The maximum absolute atomic E-state index is 14.1. The van der Waals surface area contributed by atoms with Crippen LogP contribution in [0, 0.1) is 11.8 Å². The summed E-state index contributed by atoms with van der Waals surface area (Å²) < 4.78 is 34.0. The molecule has 3 aromatic carbocycles. The fraction of sp³-hybridized carbons (Fsp3) is 0.492. The molecule has 1 fully saturated rings. The molecule has 0 aromatic heterocycles. The zero-order valence-electron chi connectivity index (χ0n) is 50.5. The van der Waals surface area contributed by atoms with Gasteiger partial charge in [0.2, 0.25) is 23.5 Å². The van der Waals surface area contributed by atoms with Gasteiger partial charge < -0.3 is 70.5 Å². The molecule has 9 N–H and O–H groups in total. The molecule has 0 radical (unpaired) electrons. The van der Waals surface area contributed by atoms with Crippen LogP contribution in [0.2, 0.25) is 0 Å². The van der Waals surface area contributed by atoms with Gasteiger partial charge in [0.25, 0.3) is 11.8 Å². The van der Waals surface area contributed by atoms with E-state index >= 15 is 0 Å². The van der Waals surface area contributed by atoms with E-state index in [1.807, 2.05) is 0 Å². The minimum Gasteiger partial charge on any atom is -0.507 e. The minimum atomic E-state index is -2.18. The molecule has 2 aliphatic heterocycles. The minimum absolute atomic E-state index is 0.00878. The second kappa shape index (κ2) is 30.7. The highest BCUT2D eigenvalue weighted by molar-refractivity contribution is 6.31. The lowest BCUT2D eigenvalue weighted by atomic mass is 9.71. The molecule has 4 aliphatic rings.